The molecule has 17 heavy (non-hydrogen) atoms. The Labute approximate surface area is 106 Å². The van der Waals surface area contributed by atoms with Crippen LogP contribution < -0.4 is 5.73 Å². The van der Waals surface area contributed by atoms with Crippen molar-refractivity contribution in [3.05, 3.63) is 16.4 Å². The molecule has 1 atom stereocenters. The van der Waals surface area contributed by atoms with Crippen molar-refractivity contribution in [3.8, 4) is 0 Å². The van der Waals surface area contributed by atoms with Gasteiger partial charge in [0.05, 0.1) is 18.9 Å². The minimum atomic E-state index is 0.277. The third-order valence-corrected chi connectivity index (χ3v) is 3.73. The molecule has 96 valence electrons. The molecular weight excluding hydrogens is 240 g/mol. The van der Waals surface area contributed by atoms with Gasteiger partial charge in [0.1, 0.15) is 5.15 Å². The van der Waals surface area contributed by atoms with Gasteiger partial charge in [0, 0.05) is 38.3 Å². The average molecular weight is 259 g/mol. The van der Waals surface area contributed by atoms with Crippen molar-refractivity contribution in [1.82, 2.24) is 14.7 Å². The van der Waals surface area contributed by atoms with Crippen LogP contribution in [0.25, 0.3) is 0 Å². The maximum Gasteiger partial charge on any atom is 0.131 e. The van der Waals surface area contributed by atoms with Crippen LogP contribution in [0.5, 0.6) is 0 Å². The molecule has 0 aromatic carbocycles. The molecule has 1 aromatic heterocycles. The Bertz CT molecular complexity index is 393. The lowest BCUT2D eigenvalue weighted by Gasteiger charge is -2.34. The second-order valence-corrected chi connectivity index (χ2v) is 4.77. The molecule has 1 saturated heterocycles. The smallest absolute Gasteiger partial charge is 0.131 e. The number of hydrogen-bond donors (Lipinski definition) is 1. The van der Waals surface area contributed by atoms with E-state index >= 15 is 0 Å². The van der Waals surface area contributed by atoms with Crippen molar-refractivity contribution in [2.45, 2.75) is 19.5 Å². The van der Waals surface area contributed by atoms with Crippen molar-refractivity contribution in [1.29, 1.82) is 0 Å². The van der Waals surface area contributed by atoms with E-state index in [0.29, 0.717) is 18.3 Å². The molecule has 2 N–H and O–H groups in total. The standard InChI is InChI=1S/C11H19ClN4O/c1-8-10(11(12)15(2)14-8)6-16-3-4-17-7-9(16)5-13/h9H,3-7,13H2,1-2H3. The topological polar surface area (TPSA) is 56.3 Å². The molecule has 1 aliphatic heterocycles. The number of nitrogens with zero attached hydrogens (tertiary/aromatic N) is 3. The van der Waals surface area contributed by atoms with Gasteiger partial charge in [-0.15, -0.1) is 0 Å². The Morgan fingerprint density at radius 3 is 2.94 bits per heavy atom. The zero-order valence-electron chi connectivity index (χ0n) is 10.3. The lowest BCUT2D eigenvalue weighted by molar-refractivity contribution is -0.00800. The summed E-state index contributed by atoms with van der Waals surface area (Å²) < 4.78 is 7.14. The van der Waals surface area contributed by atoms with Crippen molar-refractivity contribution in [3.63, 3.8) is 0 Å². The first-order valence-electron chi connectivity index (χ1n) is 5.83. The molecule has 0 bridgehead atoms. The van der Waals surface area contributed by atoms with Gasteiger partial charge in [0.25, 0.3) is 0 Å². The lowest BCUT2D eigenvalue weighted by Crippen LogP contribution is -2.48. The summed E-state index contributed by atoms with van der Waals surface area (Å²) in [7, 11) is 1.86. The van der Waals surface area contributed by atoms with Gasteiger partial charge >= 0.3 is 0 Å². The number of nitrogens with two attached hydrogens (primary N) is 1. The van der Waals surface area contributed by atoms with Gasteiger partial charge < -0.3 is 10.5 Å². The van der Waals surface area contributed by atoms with E-state index in [9.17, 15) is 0 Å². The number of morpholine rings is 1. The van der Waals surface area contributed by atoms with Gasteiger partial charge in [-0.05, 0) is 6.92 Å². The van der Waals surface area contributed by atoms with Crippen molar-refractivity contribution in [2.24, 2.45) is 12.8 Å². The summed E-state index contributed by atoms with van der Waals surface area (Å²) in [4.78, 5) is 2.32. The molecule has 0 saturated carbocycles. The summed E-state index contributed by atoms with van der Waals surface area (Å²) in [6.45, 7) is 5.74. The molecule has 0 amide bonds. The molecular formula is C11H19ClN4O. The average Bonchev–Trinajstić information content (AvgIpc) is 2.57. The summed E-state index contributed by atoms with van der Waals surface area (Å²) in [5, 5.41) is 5.04. The lowest BCUT2D eigenvalue weighted by atomic mass is 10.2. The third kappa shape index (κ3) is 2.63. The van der Waals surface area contributed by atoms with Crippen LogP contribution in [-0.4, -0.2) is 47.0 Å². The van der Waals surface area contributed by atoms with Crippen molar-refractivity contribution < 1.29 is 4.74 Å². The molecule has 1 aliphatic rings. The quantitative estimate of drug-likeness (QED) is 0.860. The molecule has 1 unspecified atom stereocenters. The zero-order valence-corrected chi connectivity index (χ0v) is 11.1. The first-order valence-corrected chi connectivity index (χ1v) is 6.21. The predicted octanol–water partition coefficient (Wildman–Crippen LogP) is 0.541. The van der Waals surface area contributed by atoms with Gasteiger partial charge in [-0.3, -0.25) is 9.58 Å². The van der Waals surface area contributed by atoms with E-state index in [0.717, 1.165) is 31.0 Å². The molecule has 2 rings (SSSR count). The van der Waals surface area contributed by atoms with E-state index in [4.69, 9.17) is 22.1 Å². The summed E-state index contributed by atoms with van der Waals surface area (Å²) >= 11 is 6.24. The van der Waals surface area contributed by atoms with Crippen LogP contribution in [-0.2, 0) is 18.3 Å². The first-order chi connectivity index (χ1) is 8.13. The Kier molecular flexibility index (Phi) is 4.04. The van der Waals surface area contributed by atoms with E-state index in [1.165, 1.54) is 0 Å². The Morgan fingerprint density at radius 1 is 1.59 bits per heavy atom. The minimum absolute atomic E-state index is 0.277. The van der Waals surface area contributed by atoms with Crippen LogP contribution in [0, 0.1) is 6.92 Å². The van der Waals surface area contributed by atoms with Crippen LogP contribution in [0.1, 0.15) is 11.3 Å². The zero-order chi connectivity index (χ0) is 12.4. The van der Waals surface area contributed by atoms with Gasteiger partial charge in [0.2, 0.25) is 0 Å². The van der Waals surface area contributed by atoms with E-state index in [-0.39, 0.29) is 6.04 Å². The molecule has 1 aromatic rings. The first kappa shape index (κ1) is 12.8. The Balaban J connectivity index is 2.13. The van der Waals surface area contributed by atoms with Gasteiger partial charge in [-0.1, -0.05) is 11.6 Å². The third-order valence-electron chi connectivity index (χ3n) is 3.25. The monoisotopic (exact) mass is 258 g/mol. The molecule has 1 fully saturated rings. The highest BCUT2D eigenvalue weighted by molar-refractivity contribution is 6.30. The summed E-state index contributed by atoms with van der Waals surface area (Å²) in [6.07, 6.45) is 0. The summed E-state index contributed by atoms with van der Waals surface area (Å²) in [5.41, 5.74) is 7.83. The number of rotatable bonds is 3. The van der Waals surface area contributed by atoms with Gasteiger partial charge in [-0.25, -0.2) is 0 Å². The van der Waals surface area contributed by atoms with Crippen molar-refractivity contribution >= 4 is 11.6 Å². The number of halogens is 1. The fraction of sp³-hybridized carbons (Fsp3) is 0.727. The SMILES string of the molecule is Cc1nn(C)c(Cl)c1CN1CCOCC1CN. The highest BCUT2D eigenvalue weighted by atomic mass is 35.5. The van der Waals surface area contributed by atoms with E-state index in [1.54, 1.807) is 4.68 Å². The Hall–Kier alpha value is -0.620. The second-order valence-electron chi connectivity index (χ2n) is 4.41. The maximum absolute atomic E-state index is 6.24. The molecule has 0 spiro atoms. The van der Waals surface area contributed by atoms with Gasteiger partial charge in [0.15, 0.2) is 0 Å². The highest BCUT2D eigenvalue weighted by Crippen LogP contribution is 2.22. The van der Waals surface area contributed by atoms with Crippen LogP contribution >= 0.6 is 11.6 Å². The molecule has 5 nitrogen and oxygen atoms in total. The molecule has 0 radical (unpaired) electrons. The highest BCUT2D eigenvalue weighted by Gasteiger charge is 2.24. The predicted molar refractivity (Wildman–Crippen MR) is 67.0 cm³/mol. The van der Waals surface area contributed by atoms with E-state index in [2.05, 4.69) is 10.00 Å². The molecule has 0 aliphatic carbocycles. The fourth-order valence-electron chi connectivity index (χ4n) is 2.17. The largest absolute Gasteiger partial charge is 0.378 e. The Morgan fingerprint density at radius 2 is 2.35 bits per heavy atom. The van der Waals surface area contributed by atoms with E-state index in [1.807, 2.05) is 14.0 Å². The van der Waals surface area contributed by atoms with Crippen LogP contribution in [0.4, 0.5) is 0 Å². The maximum atomic E-state index is 6.24. The summed E-state index contributed by atoms with van der Waals surface area (Å²) in [5.74, 6) is 0. The fourth-order valence-corrected chi connectivity index (χ4v) is 2.41. The molecule has 2 heterocycles. The van der Waals surface area contributed by atoms with Crippen molar-refractivity contribution in [2.75, 3.05) is 26.3 Å². The number of aryl methyl sites for hydroxylation is 2. The van der Waals surface area contributed by atoms with Gasteiger partial charge in [-0.2, -0.15) is 5.10 Å². The summed E-state index contributed by atoms with van der Waals surface area (Å²) in [6, 6.07) is 0.277. The minimum Gasteiger partial charge on any atom is -0.378 e. The number of ether oxygens (including phenoxy) is 1. The number of aromatic nitrogens is 2. The van der Waals surface area contributed by atoms with Crippen LogP contribution in [0.3, 0.4) is 0 Å². The number of hydrogen-bond acceptors (Lipinski definition) is 4. The van der Waals surface area contributed by atoms with Crippen LogP contribution in [0.15, 0.2) is 0 Å². The normalized spacial score (nSPS) is 22.0. The second kappa shape index (κ2) is 5.35. The van der Waals surface area contributed by atoms with E-state index < -0.39 is 0 Å². The molecule has 6 heteroatoms. The van der Waals surface area contributed by atoms with Crippen LogP contribution in [0.2, 0.25) is 5.15 Å².